The third-order valence-corrected chi connectivity index (χ3v) is 4.77. The number of benzene rings is 1. The molecule has 1 atom stereocenters. The van der Waals surface area contributed by atoms with Crippen LogP contribution in [0.1, 0.15) is 19.4 Å². The fourth-order valence-electron chi connectivity index (χ4n) is 2.29. The van der Waals surface area contributed by atoms with E-state index in [1.807, 2.05) is 24.3 Å². The molecule has 1 heterocycles. The fraction of sp³-hybridized carbons (Fsp3) is 0.412. The second kappa shape index (κ2) is 8.63. The zero-order valence-electron chi connectivity index (χ0n) is 14.0. The largest absolute Gasteiger partial charge is 0.497 e. The minimum absolute atomic E-state index is 0.104. The van der Waals surface area contributed by atoms with Gasteiger partial charge in [-0.1, -0.05) is 12.1 Å². The van der Waals surface area contributed by atoms with Gasteiger partial charge in [0.1, 0.15) is 16.7 Å². The van der Waals surface area contributed by atoms with Crippen molar-refractivity contribution in [1.82, 2.24) is 10.6 Å². The Bertz CT molecular complexity index is 645. The number of carbonyl (C=O) groups excluding carboxylic acids is 2. The quantitative estimate of drug-likeness (QED) is 0.762. The molecule has 0 bridgehead atoms. The number of methoxy groups -OCH3 is 1. The van der Waals surface area contributed by atoms with Gasteiger partial charge in [0.05, 0.1) is 13.7 Å². The zero-order valence-corrected chi connectivity index (χ0v) is 14.9. The highest BCUT2D eigenvalue weighted by Crippen LogP contribution is 2.26. The first-order valence-corrected chi connectivity index (χ1v) is 8.71. The van der Waals surface area contributed by atoms with Crippen LogP contribution >= 0.6 is 11.8 Å². The number of nitrogens with one attached hydrogen (secondary N) is 2. The molecule has 0 aliphatic carbocycles. The molecule has 0 aromatic heterocycles. The molecular formula is C17H22N2O4S. The molecule has 0 radical (unpaired) electrons. The second-order valence-corrected chi connectivity index (χ2v) is 6.28. The lowest BCUT2D eigenvalue weighted by molar-refractivity contribution is -0.137. The van der Waals surface area contributed by atoms with Crippen molar-refractivity contribution in [3.63, 3.8) is 0 Å². The molecule has 0 fully saturated rings. The van der Waals surface area contributed by atoms with E-state index >= 15 is 0 Å². The predicted molar refractivity (Wildman–Crippen MR) is 93.6 cm³/mol. The van der Waals surface area contributed by atoms with E-state index in [0.29, 0.717) is 29.5 Å². The van der Waals surface area contributed by atoms with Crippen molar-refractivity contribution in [2.45, 2.75) is 26.4 Å². The summed E-state index contributed by atoms with van der Waals surface area (Å²) in [5.41, 5.74) is 1.64. The Kier molecular flexibility index (Phi) is 6.54. The van der Waals surface area contributed by atoms with Gasteiger partial charge in [0, 0.05) is 18.0 Å². The van der Waals surface area contributed by atoms with Gasteiger partial charge in [-0.25, -0.2) is 4.79 Å². The Hall–Kier alpha value is -2.15. The zero-order chi connectivity index (χ0) is 17.5. The third kappa shape index (κ3) is 4.67. The number of carbonyl (C=O) groups is 2. The molecule has 1 aliphatic rings. The summed E-state index contributed by atoms with van der Waals surface area (Å²) in [7, 11) is 1.61. The molecule has 0 spiro atoms. The molecule has 1 aliphatic heterocycles. The highest BCUT2D eigenvalue weighted by atomic mass is 32.2. The summed E-state index contributed by atoms with van der Waals surface area (Å²) in [5.74, 6) is 0.788. The number of allylic oxidation sites excluding steroid dienone is 1. The predicted octanol–water partition coefficient (Wildman–Crippen LogP) is 1.81. The first-order valence-electron chi connectivity index (χ1n) is 7.73. The fourth-order valence-corrected chi connectivity index (χ4v) is 3.31. The molecule has 1 aromatic rings. The Morgan fingerprint density at radius 1 is 1.42 bits per heavy atom. The van der Waals surface area contributed by atoms with E-state index in [1.54, 1.807) is 21.0 Å². The standard InChI is InChI=1S/C17H22N2O4S/c1-4-23-17(21)15-11(2)19-14(10-24-15)16(20)18-9-12-6-5-7-13(8-12)22-3/h5-8,14,19H,4,9-10H2,1-3H3,(H,18,20)/t14-/m0/s1. The summed E-state index contributed by atoms with van der Waals surface area (Å²) in [6.45, 7) is 4.30. The summed E-state index contributed by atoms with van der Waals surface area (Å²) in [6, 6.07) is 7.17. The van der Waals surface area contributed by atoms with E-state index in [0.717, 1.165) is 11.3 Å². The number of ether oxygens (including phenoxy) is 2. The lowest BCUT2D eigenvalue weighted by Crippen LogP contribution is -2.47. The summed E-state index contributed by atoms with van der Waals surface area (Å²) in [4.78, 5) is 24.7. The molecular weight excluding hydrogens is 328 g/mol. The molecule has 1 amide bonds. The van der Waals surface area contributed by atoms with E-state index in [4.69, 9.17) is 9.47 Å². The molecule has 2 N–H and O–H groups in total. The van der Waals surface area contributed by atoms with Gasteiger partial charge in [0.25, 0.3) is 0 Å². The maximum Gasteiger partial charge on any atom is 0.346 e. The van der Waals surface area contributed by atoms with E-state index in [2.05, 4.69) is 10.6 Å². The molecule has 130 valence electrons. The summed E-state index contributed by atoms with van der Waals surface area (Å²) < 4.78 is 10.2. The topological polar surface area (TPSA) is 76.7 Å². The molecule has 0 saturated heterocycles. The van der Waals surface area contributed by atoms with Crippen LogP contribution in [-0.2, 0) is 20.9 Å². The number of hydrogen-bond donors (Lipinski definition) is 2. The van der Waals surface area contributed by atoms with E-state index < -0.39 is 0 Å². The molecule has 0 saturated carbocycles. The number of esters is 1. The SMILES string of the molecule is CCOC(=O)C1=C(C)N[C@H](C(=O)NCc2cccc(OC)c2)CS1. The van der Waals surface area contributed by atoms with E-state index in [-0.39, 0.29) is 17.9 Å². The average Bonchev–Trinajstić information content (AvgIpc) is 2.59. The van der Waals surface area contributed by atoms with Crippen LogP contribution in [0, 0.1) is 0 Å². The number of hydrogen-bond acceptors (Lipinski definition) is 6. The third-order valence-electron chi connectivity index (χ3n) is 3.50. The summed E-state index contributed by atoms with van der Waals surface area (Å²) in [5, 5.41) is 5.99. The van der Waals surface area contributed by atoms with Crippen LogP contribution < -0.4 is 15.4 Å². The van der Waals surface area contributed by atoms with Crippen molar-refractivity contribution in [3.8, 4) is 5.75 Å². The van der Waals surface area contributed by atoms with Gasteiger partial charge in [0.2, 0.25) is 5.91 Å². The van der Waals surface area contributed by atoms with Gasteiger partial charge in [0.15, 0.2) is 0 Å². The van der Waals surface area contributed by atoms with Gasteiger partial charge < -0.3 is 20.1 Å². The van der Waals surface area contributed by atoms with Crippen molar-refractivity contribution in [2.75, 3.05) is 19.5 Å². The van der Waals surface area contributed by atoms with E-state index in [9.17, 15) is 9.59 Å². The van der Waals surface area contributed by atoms with Crippen LogP contribution in [0.3, 0.4) is 0 Å². The molecule has 0 unspecified atom stereocenters. The van der Waals surface area contributed by atoms with Crippen molar-refractivity contribution < 1.29 is 19.1 Å². The minimum atomic E-state index is -0.376. The molecule has 24 heavy (non-hydrogen) atoms. The lowest BCUT2D eigenvalue weighted by Gasteiger charge is -2.25. The smallest absolute Gasteiger partial charge is 0.346 e. The summed E-state index contributed by atoms with van der Waals surface area (Å²) >= 11 is 1.35. The molecule has 7 heteroatoms. The maximum absolute atomic E-state index is 12.3. The molecule has 6 nitrogen and oxygen atoms in total. The van der Waals surface area contributed by atoms with Crippen molar-refractivity contribution >= 4 is 23.6 Å². The van der Waals surface area contributed by atoms with Gasteiger partial charge in [-0.3, -0.25) is 4.79 Å². The monoisotopic (exact) mass is 350 g/mol. The normalized spacial score (nSPS) is 17.0. The van der Waals surface area contributed by atoms with Crippen LogP contribution in [0.2, 0.25) is 0 Å². The van der Waals surface area contributed by atoms with Crippen LogP contribution in [0.15, 0.2) is 34.9 Å². The Morgan fingerprint density at radius 3 is 2.88 bits per heavy atom. The highest BCUT2D eigenvalue weighted by Gasteiger charge is 2.28. The Labute approximate surface area is 146 Å². The number of thioether (sulfide) groups is 1. The maximum atomic E-state index is 12.3. The van der Waals surface area contributed by atoms with E-state index in [1.165, 1.54) is 11.8 Å². The van der Waals surface area contributed by atoms with Crippen molar-refractivity contribution in [1.29, 1.82) is 0 Å². The van der Waals surface area contributed by atoms with Crippen molar-refractivity contribution in [3.05, 3.63) is 40.4 Å². The van der Waals surface area contributed by atoms with Crippen molar-refractivity contribution in [2.24, 2.45) is 0 Å². The Morgan fingerprint density at radius 2 is 2.21 bits per heavy atom. The molecule has 1 aromatic carbocycles. The first-order chi connectivity index (χ1) is 11.5. The van der Waals surface area contributed by atoms with Gasteiger partial charge in [-0.2, -0.15) is 0 Å². The lowest BCUT2D eigenvalue weighted by atomic mass is 10.2. The van der Waals surface area contributed by atoms with Crippen LogP contribution in [0.25, 0.3) is 0 Å². The van der Waals surface area contributed by atoms with Gasteiger partial charge >= 0.3 is 5.97 Å². The van der Waals surface area contributed by atoms with Gasteiger partial charge in [-0.05, 0) is 31.5 Å². The highest BCUT2D eigenvalue weighted by molar-refractivity contribution is 8.04. The molecule has 2 rings (SSSR count). The summed E-state index contributed by atoms with van der Waals surface area (Å²) in [6.07, 6.45) is 0. The number of rotatable bonds is 6. The van der Waals surface area contributed by atoms with Crippen LogP contribution in [0.4, 0.5) is 0 Å². The minimum Gasteiger partial charge on any atom is -0.497 e. The first kappa shape index (κ1) is 18.2. The van der Waals surface area contributed by atoms with Gasteiger partial charge in [-0.15, -0.1) is 11.8 Å². The number of amides is 1. The van der Waals surface area contributed by atoms with Crippen LogP contribution in [-0.4, -0.2) is 37.4 Å². The second-order valence-electron chi connectivity index (χ2n) is 5.25. The average molecular weight is 350 g/mol. The van der Waals surface area contributed by atoms with Crippen LogP contribution in [0.5, 0.6) is 5.75 Å². The Balaban J connectivity index is 1.91.